The zero-order chi connectivity index (χ0) is 11.2. The van der Waals surface area contributed by atoms with E-state index in [0.29, 0.717) is 11.0 Å². The van der Waals surface area contributed by atoms with Crippen LogP contribution in [0.3, 0.4) is 0 Å². The quantitative estimate of drug-likeness (QED) is 0.751. The first-order valence-electron chi connectivity index (χ1n) is 4.46. The van der Waals surface area contributed by atoms with Gasteiger partial charge < -0.3 is 14.6 Å². The Morgan fingerprint density at radius 3 is 2.60 bits per heavy atom. The Morgan fingerprint density at radius 1 is 1.33 bits per heavy atom. The maximum atomic E-state index is 10.7. The van der Waals surface area contributed by atoms with E-state index >= 15 is 0 Å². The standard InChI is InChI=1S/C11H10O4/c1-5-3-6(2)8-7(4-5)15-10(9(8)12)11(13)14/h3-4,12H,1-2H3,(H,13,14). The normalized spacial score (nSPS) is 10.8. The molecule has 0 aliphatic heterocycles. The summed E-state index contributed by atoms with van der Waals surface area (Å²) in [7, 11) is 0. The molecule has 78 valence electrons. The molecular weight excluding hydrogens is 196 g/mol. The number of carboxylic acid groups (broad SMARTS) is 1. The van der Waals surface area contributed by atoms with Gasteiger partial charge in [0.2, 0.25) is 0 Å². The van der Waals surface area contributed by atoms with Gasteiger partial charge >= 0.3 is 5.97 Å². The van der Waals surface area contributed by atoms with Crippen molar-refractivity contribution in [3.8, 4) is 5.75 Å². The number of carbonyl (C=O) groups is 1. The molecule has 1 heterocycles. The number of rotatable bonds is 1. The molecule has 4 nitrogen and oxygen atoms in total. The highest BCUT2D eigenvalue weighted by atomic mass is 16.4. The van der Waals surface area contributed by atoms with E-state index in [4.69, 9.17) is 9.52 Å². The summed E-state index contributed by atoms with van der Waals surface area (Å²) in [5.74, 6) is -1.96. The summed E-state index contributed by atoms with van der Waals surface area (Å²) in [6.45, 7) is 3.68. The summed E-state index contributed by atoms with van der Waals surface area (Å²) in [4.78, 5) is 10.7. The average molecular weight is 206 g/mol. The second-order valence-corrected chi connectivity index (χ2v) is 3.54. The number of benzene rings is 1. The highest BCUT2D eigenvalue weighted by Crippen LogP contribution is 2.34. The predicted octanol–water partition coefficient (Wildman–Crippen LogP) is 2.45. The zero-order valence-electron chi connectivity index (χ0n) is 8.37. The van der Waals surface area contributed by atoms with Crippen LogP contribution in [0.2, 0.25) is 0 Å². The van der Waals surface area contributed by atoms with Gasteiger partial charge in [-0.15, -0.1) is 0 Å². The molecule has 2 rings (SSSR count). The van der Waals surface area contributed by atoms with E-state index in [0.717, 1.165) is 11.1 Å². The summed E-state index contributed by atoms with van der Waals surface area (Å²) >= 11 is 0. The minimum Gasteiger partial charge on any atom is -0.504 e. The van der Waals surface area contributed by atoms with Crippen molar-refractivity contribution in [1.82, 2.24) is 0 Å². The lowest BCUT2D eigenvalue weighted by Gasteiger charge is -1.97. The zero-order valence-corrected chi connectivity index (χ0v) is 8.37. The Kier molecular flexibility index (Phi) is 1.93. The average Bonchev–Trinajstić information content (AvgIpc) is 2.42. The van der Waals surface area contributed by atoms with Crippen molar-refractivity contribution in [1.29, 1.82) is 0 Å². The van der Waals surface area contributed by atoms with Crippen molar-refractivity contribution in [2.75, 3.05) is 0 Å². The molecule has 0 unspecified atom stereocenters. The summed E-state index contributed by atoms with van der Waals surface area (Å²) in [5.41, 5.74) is 2.17. The third kappa shape index (κ3) is 1.34. The van der Waals surface area contributed by atoms with Gasteiger partial charge in [-0.1, -0.05) is 6.07 Å². The van der Waals surface area contributed by atoms with Crippen molar-refractivity contribution < 1.29 is 19.4 Å². The summed E-state index contributed by atoms with van der Waals surface area (Å²) in [5, 5.41) is 18.9. The van der Waals surface area contributed by atoms with Gasteiger partial charge in [0.05, 0.1) is 5.39 Å². The molecule has 0 radical (unpaired) electrons. The highest BCUT2D eigenvalue weighted by molar-refractivity contribution is 5.99. The molecule has 15 heavy (non-hydrogen) atoms. The molecule has 0 aliphatic carbocycles. The SMILES string of the molecule is Cc1cc(C)c2c(O)c(C(=O)O)oc2c1. The Balaban J connectivity index is 2.88. The molecule has 0 bridgehead atoms. The molecule has 0 fully saturated rings. The lowest BCUT2D eigenvalue weighted by molar-refractivity contribution is 0.0660. The van der Waals surface area contributed by atoms with E-state index in [1.54, 1.807) is 13.0 Å². The topological polar surface area (TPSA) is 70.7 Å². The van der Waals surface area contributed by atoms with Gasteiger partial charge in [-0.05, 0) is 31.0 Å². The van der Waals surface area contributed by atoms with E-state index < -0.39 is 11.7 Å². The number of aromatic carboxylic acids is 1. The van der Waals surface area contributed by atoms with E-state index in [-0.39, 0.29) is 5.75 Å². The second kappa shape index (κ2) is 3.02. The number of aromatic hydroxyl groups is 1. The Labute approximate surface area is 85.8 Å². The molecule has 1 aromatic heterocycles. The summed E-state index contributed by atoms with van der Waals surface area (Å²) in [6, 6.07) is 3.57. The molecule has 0 amide bonds. The first kappa shape index (κ1) is 9.58. The molecule has 2 aromatic rings. The fourth-order valence-corrected chi connectivity index (χ4v) is 1.73. The Hall–Kier alpha value is -1.97. The molecule has 0 atom stereocenters. The van der Waals surface area contributed by atoms with Gasteiger partial charge in [-0.3, -0.25) is 0 Å². The summed E-state index contributed by atoms with van der Waals surface area (Å²) < 4.78 is 5.07. The van der Waals surface area contributed by atoms with E-state index in [9.17, 15) is 9.90 Å². The van der Waals surface area contributed by atoms with Crippen LogP contribution in [0, 0.1) is 13.8 Å². The van der Waals surface area contributed by atoms with Crippen LogP contribution in [0.1, 0.15) is 21.7 Å². The number of fused-ring (bicyclic) bond motifs is 1. The Bertz CT molecular complexity index is 551. The molecular formula is C11H10O4. The van der Waals surface area contributed by atoms with Crippen molar-refractivity contribution in [3.05, 3.63) is 29.0 Å². The van der Waals surface area contributed by atoms with Crippen LogP contribution in [0.4, 0.5) is 0 Å². The number of aryl methyl sites for hydroxylation is 2. The highest BCUT2D eigenvalue weighted by Gasteiger charge is 2.20. The number of carboxylic acids is 1. The van der Waals surface area contributed by atoms with Crippen molar-refractivity contribution in [3.63, 3.8) is 0 Å². The lowest BCUT2D eigenvalue weighted by Crippen LogP contribution is -1.92. The third-order valence-electron chi connectivity index (χ3n) is 2.30. The van der Waals surface area contributed by atoms with E-state index in [1.807, 2.05) is 13.0 Å². The van der Waals surface area contributed by atoms with Gasteiger partial charge in [0.25, 0.3) is 5.76 Å². The van der Waals surface area contributed by atoms with Crippen molar-refractivity contribution >= 4 is 16.9 Å². The monoisotopic (exact) mass is 206 g/mol. The van der Waals surface area contributed by atoms with Crippen LogP contribution in [0.25, 0.3) is 11.0 Å². The minimum absolute atomic E-state index is 0.296. The van der Waals surface area contributed by atoms with Crippen LogP contribution in [0.5, 0.6) is 5.75 Å². The second-order valence-electron chi connectivity index (χ2n) is 3.54. The van der Waals surface area contributed by atoms with Crippen LogP contribution in [-0.2, 0) is 0 Å². The van der Waals surface area contributed by atoms with Crippen LogP contribution >= 0.6 is 0 Å². The fourth-order valence-electron chi connectivity index (χ4n) is 1.73. The summed E-state index contributed by atoms with van der Waals surface area (Å²) in [6.07, 6.45) is 0. The molecule has 1 aromatic carbocycles. The Morgan fingerprint density at radius 2 is 2.00 bits per heavy atom. The van der Waals surface area contributed by atoms with Crippen molar-refractivity contribution in [2.45, 2.75) is 13.8 Å². The van der Waals surface area contributed by atoms with Gasteiger partial charge in [-0.2, -0.15) is 0 Å². The van der Waals surface area contributed by atoms with Gasteiger partial charge in [0.15, 0.2) is 5.75 Å². The fraction of sp³-hybridized carbons (Fsp3) is 0.182. The molecule has 4 heteroatoms. The maximum absolute atomic E-state index is 10.7. The maximum Gasteiger partial charge on any atom is 0.375 e. The van der Waals surface area contributed by atoms with Gasteiger partial charge in [-0.25, -0.2) is 4.79 Å². The molecule has 2 N–H and O–H groups in total. The number of hydrogen-bond acceptors (Lipinski definition) is 3. The van der Waals surface area contributed by atoms with Crippen LogP contribution in [0.15, 0.2) is 16.5 Å². The van der Waals surface area contributed by atoms with E-state index in [1.165, 1.54) is 0 Å². The van der Waals surface area contributed by atoms with Crippen LogP contribution in [-0.4, -0.2) is 16.2 Å². The first-order chi connectivity index (χ1) is 7.00. The van der Waals surface area contributed by atoms with Crippen LogP contribution < -0.4 is 0 Å². The van der Waals surface area contributed by atoms with Crippen molar-refractivity contribution in [2.24, 2.45) is 0 Å². The minimum atomic E-state index is -1.26. The van der Waals surface area contributed by atoms with Gasteiger partial charge in [0, 0.05) is 0 Å². The number of hydrogen-bond donors (Lipinski definition) is 2. The largest absolute Gasteiger partial charge is 0.504 e. The first-order valence-corrected chi connectivity index (χ1v) is 4.46. The molecule has 0 saturated heterocycles. The third-order valence-corrected chi connectivity index (χ3v) is 2.30. The molecule has 0 spiro atoms. The van der Waals surface area contributed by atoms with E-state index in [2.05, 4.69) is 0 Å². The predicted molar refractivity (Wildman–Crippen MR) is 54.3 cm³/mol. The number of furan rings is 1. The van der Waals surface area contributed by atoms with Gasteiger partial charge in [0.1, 0.15) is 5.58 Å². The molecule has 0 saturated carbocycles. The molecule has 0 aliphatic rings. The lowest BCUT2D eigenvalue weighted by atomic mass is 10.1. The smallest absolute Gasteiger partial charge is 0.375 e.